The van der Waals surface area contributed by atoms with Crippen LogP contribution in [-0.4, -0.2) is 13.1 Å². The van der Waals surface area contributed by atoms with Crippen molar-refractivity contribution in [2.24, 2.45) is 5.92 Å². The summed E-state index contributed by atoms with van der Waals surface area (Å²) >= 11 is 0. The summed E-state index contributed by atoms with van der Waals surface area (Å²) in [5.74, 6) is 0.837. The molecule has 0 N–H and O–H groups in total. The van der Waals surface area contributed by atoms with E-state index in [1.807, 2.05) is 12.1 Å². The fourth-order valence-electron chi connectivity index (χ4n) is 2.38. The van der Waals surface area contributed by atoms with Crippen LogP contribution in [0.25, 0.3) is 0 Å². The quantitative estimate of drug-likeness (QED) is 0.756. The van der Waals surface area contributed by atoms with Gasteiger partial charge in [0.05, 0.1) is 11.6 Å². The number of piperidine rings is 1. The molecule has 2 rings (SSSR count). The van der Waals surface area contributed by atoms with E-state index in [2.05, 4.69) is 30.0 Å². The van der Waals surface area contributed by atoms with E-state index in [1.54, 1.807) is 0 Å². The summed E-state index contributed by atoms with van der Waals surface area (Å²) in [4.78, 5) is 2.44. The summed E-state index contributed by atoms with van der Waals surface area (Å²) < 4.78 is 0. The van der Waals surface area contributed by atoms with Gasteiger partial charge in [-0.2, -0.15) is 5.26 Å². The number of benzene rings is 1. The Hall–Kier alpha value is -1.49. The first-order valence-corrected chi connectivity index (χ1v) is 6.08. The summed E-state index contributed by atoms with van der Waals surface area (Å²) in [6.07, 6.45) is 3.93. The SMILES string of the molecule is CCC1CCCN(c2ccc(C#N)cc2)C1. The van der Waals surface area contributed by atoms with Crippen molar-refractivity contribution in [3.8, 4) is 6.07 Å². The van der Waals surface area contributed by atoms with Crippen LogP contribution in [0.15, 0.2) is 24.3 Å². The first kappa shape index (κ1) is 11.0. The number of hydrogen-bond donors (Lipinski definition) is 0. The maximum absolute atomic E-state index is 8.76. The molecule has 16 heavy (non-hydrogen) atoms. The number of nitrogens with zero attached hydrogens (tertiary/aromatic N) is 2. The zero-order valence-corrected chi connectivity index (χ0v) is 9.82. The number of hydrogen-bond acceptors (Lipinski definition) is 2. The second-order valence-corrected chi connectivity index (χ2v) is 4.52. The van der Waals surface area contributed by atoms with Crippen molar-refractivity contribution in [3.63, 3.8) is 0 Å². The molecule has 0 bridgehead atoms. The Morgan fingerprint density at radius 3 is 2.75 bits per heavy atom. The van der Waals surface area contributed by atoms with Crippen LogP contribution in [0.1, 0.15) is 31.7 Å². The predicted octanol–water partition coefficient (Wildman–Crippen LogP) is 3.18. The van der Waals surface area contributed by atoms with Crippen LogP contribution in [0.4, 0.5) is 5.69 Å². The molecule has 1 saturated heterocycles. The molecule has 1 aromatic rings. The minimum atomic E-state index is 0.743. The molecule has 1 unspecified atom stereocenters. The lowest BCUT2D eigenvalue weighted by Crippen LogP contribution is -2.35. The van der Waals surface area contributed by atoms with Crippen LogP contribution in [0, 0.1) is 17.2 Å². The van der Waals surface area contributed by atoms with Crippen LogP contribution in [-0.2, 0) is 0 Å². The van der Waals surface area contributed by atoms with Crippen molar-refractivity contribution < 1.29 is 0 Å². The van der Waals surface area contributed by atoms with Gasteiger partial charge in [0.15, 0.2) is 0 Å². The number of anilines is 1. The zero-order valence-electron chi connectivity index (χ0n) is 9.82. The normalized spacial score (nSPS) is 20.5. The summed E-state index contributed by atoms with van der Waals surface area (Å²) in [7, 11) is 0. The van der Waals surface area contributed by atoms with Gasteiger partial charge >= 0.3 is 0 Å². The highest BCUT2D eigenvalue weighted by Gasteiger charge is 2.18. The molecule has 1 aliphatic heterocycles. The third kappa shape index (κ3) is 2.36. The van der Waals surface area contributed by atoms with Crippen molar-refractivity contribution >= 4 is 5.69 Å². The molecule has 1 fully saturated rings. The van der Waals surface area contributed by atoms with Crippen LogP contribution in [0.3, 0.4) is 0 Å². The monoisotopic (exact) mass is 214 g/mol. The Morgan fingerprint density at radius 2 is 2.12 bits per heavy atom. The molecule has 0 spiro atoms. The van der Waals surface area contributed by atoms with Gasteiger partial charge in [-0.05, 0) is 43.0 Å². The van der Waals surface area contributed by atoms with Crippen LogP contribution >= 0.6 is 0 Å². The minimum absolute atomic E-state index is 0.743. The van der Waals surface area contributed by atoms with E-state index in [4.69, 9.17) is 5.26 Å². The standard InChI is InChI=1S/C14H18N2/c1-2-12-4-3-9-16(11-12)14-7-5-13(10-15)6-8-14/h5-8,12H,2-4,9,11H2,1H3. The van der Waals surface area contributed by atoms with Gasteiger partial charge in [-0.25, -0.2) is 0 Å². The first-order valence-electron chi connectivity index (χ1n) is 6.08. The molecule has 1 atom stereocenters. The highest BCUT2D eigenvalue weighted by atomic mass is 15.1. The van der Waals surface area contributed by atoms with Gasteiger partial charge in [-0.3, -0.25) is 0 Å². The van der Waals surface area contributed by atoms with Crippen LogP contribution in [0.2, 0.25) is 0 Å². The van der Waals surface area contributed by atoms with Crippen molar-refractivity contribution in [1.29, 1.82) is 5.26 Å². The average molecular weight is 214 g/mol. The Balaban J connectivity index is 2.08. The molecule has 0 aliphatic carbocycles. The molecule has 1 aromatic carbocycles. The topological polar surface area (TPSA) is 27.0 Å². The highest BCUT2D eigenvalue weighted by Crippen LogP contribution is 2.24. The number of nitriles is 1. The first-order chi connectivity index (χ1) is 7.83. The van der Waals surface area contributed by atoms with Gasteiger partial charge < -0.3 is 4.90 Å². The van der Waals surface area contributed by atoms with Crippen LogP contribution < -0.4 is 4.90 Å². The smallest absolute Gasteiger partial charge is 0.0991 e. The molecule has 0 aromatic heterocycles. The second kappa shape index (κ2) is 5.03. The molecule has 0 saturated carbocycles. The van der Waals surface area contributed by atoms with Gasteiger partial charge in [0.25, 0.3) is 0 Å². The zero-order chi connectivity index (χ0) is 11.4. The third-order valence-electron chi connectivity index (χ3n) is 3.46. The lowest BCUT2D eigenvalue weighted by Gasteiger charge is -2.34. The lowest BCUT2D eigenvalue weighted by molar-refractivity contribution is 0.405. The van der Waals surface area contributed by atoms with Gasteiger partial charge in [0.1, 0.15) is 0 Å². The van der Waals surface area contributed by atoms with Gasteiger partial charge in [-0.1, -0.05) is 13.3 Å². The van der Waals surface area contributed by atoms with Gasteiger partial charge in [0.2, 0.25) is 0 Å². The summed E-state index contributed by atoms with van der Waals surface area (Å²) in [6, 6.07) is 10.1. The second-order valence-electron chi connectivity index (χ2n) is 4.52. The van der Waals surface area contributed by atoms with Gasteiger partial charge in [0, 0.05) is 18.8 Å². The molecule has 84 valence electrons. The van der Waals surface area contributed by atoms with Crippen molar-refractivity contribution in [2.45, 2.75) is 26.2 Å². The summed E-state index contributed by atoms with van der Waals surface area (Å²) in [5, 5.41) is 8.76. The third-order valence-corrected chi connectivity index (χ3v) is 3.46. The van der Waals surface area contributed by atoms with E-state index in [9.17, 15) is 0 Å². The lowest BCUT2D eigenvalue weighted by atomic mass is 9.95. The van der Waals surface area contributed by atoms with Crippen molar-refractivity contribution in [2.75, 3.05) is 18.0 Å². The summed E-state index contributed by atoms with van der Waals surface area (Å²) in [5.41, 5.74) is 2.00. The van der Waals surface area contributed by atoms with E-state index in [1.165, 1.54) is 31.5 Å². The van der Waals surface area contributed by atoms with E-state index in [0.29, 0.717) is 0 Å². The molecular formula is C14H18N2. The van der Waals surface area contributed by atoms with E-state index < -0.39 is 0 Å². The molecule has 1 aliphatic rings. The number of rotatable bonds is 2. The van der Waals surface area contributed by atoms with E-state index in [0.717, 1.165) is 18.0 Å². The molecule has 0 radical (unpaired) electrons. The predicted molar refractivity (Wildman–Crippen MR) is 66.4 cm³/mol. The Kier molecular flexibility index (Phi) is 3.46. The van der Waals surface area contributed by atoms with Crippen molar-refractivity contribution in [1.82, 2.24) is 0 Å². The molecule has 2 nitrogen and oxygen atoms in total. The van der Waals surface area contributed by atoms with Gasteiger partial charge in [-0.15, -0.1) is 0 Å². The average Bonchev–Trinajstić information content (AvgIpc) is 2.39. The van der Waals surface area contributed by atoms with E-state index >= 15 is 0 Å². The fraction of sp³-hybridized carbons (Fsp3) is 0.500. The highest BCUT2D eigenvalue weighted by molar-refractivity contribution is 5.49. The molecule has 0 amide bonds. The summed E-state index contributed by atoms with van der Waals surface area (Å²) in [6.45, 7) is 4.59. The Morgan fingerprint density at radius 1 is 1.38 bits per heavy atom. The molecule has 2 heteroatoms. The maximum atomic E-state index is 8.76. The van der Waals surface area contributed by atoms with Crippen LogP contribution in [0.5, 0.6) is 0 Å². The molecule has 1 heterocycles. The Labute approximate surface area is 97.5 Å². The molecular weight excluding hydrogens is 196 g/mol. The van der Waals surface area contributed by atoms with E-state index in [-0.39, 0.29) is 0 Å². The minimum Gasteiger partial charge on any atom is -0.371 e. The maximum Gasteiger partial charge on any atom is 0.0991 e. The fourth-order valence-corrected chi connectivity index (χ4v) is 2.38. The Bertz CT molecular complexity index is 375. The largest absolute Gasteiger partial charge is 0.371 e. The van der Waals surface area contributed by atoms with Crippen molar-refractivity contribution in [3.05, 3.63) is 29.8 Å².